The molecule has 1 aromatic carbocycles. The van der Waals surface area contributed by atoms with Crippen LogP contribution in [0.25, 0.3) is 22.3 Å². The summed E-state index contributed by atoms with van der Waals surface area (Å²) in [4.78, 5) is 25.1. The van der Waals surface area contributed by atoms with Crippen molar-refractivity contribution in [3.63, 3.8) is 0 Å². The van der Waals surface area contributed by atoms with Gasteiger partial charge in [0.1, 0.15) is 11.8 Å². The van der Waals surface area contributed by atoms with Crippen molar-refractivity contribution in [2.75, 3.05) is 5.73 Å². The van der Waals surface area contributed by atoms with Crippen LogP contribution in [0.2, 0.25) is 0 Å². The van der Waals surface area contributed by atoms with Crippen molar-refractivity contribution in [2.45, 2.75) is 32.3 Å². The van der Waals surface area contributed by atoms with E-state index in [4.69, 9.17) is 5.73 Å². The number of hydrogen-bond acceptors (Lipinski definition) is 6. The van der Waals surface area contributed by atoms with E-state index in [1.54, 1.807) is 0 Å². The first kappa shape index (κ1) is 20.8. The summed E-state index contributed by atoms with van der Waals surface area (Å²) in [5.74, 6) is 5.86. The predicted molar refractivity (Wildman–Crippen MR) is 117 cm³/mol. The zero-order valence-electron chi connectivity index (χ0n) is 16.2. The number of Topliss-reactive ketones (excluding diaryl/α,β-unsaturated/α-hetero) is 1. The van der Waals surface area contributed by atoms with Gasteiger partial charge in [0.05, 0.1) is 11.2 Å². The minimum Gasteiger partial charge on any atom is -0.382 e. The molecule has 2 aromatic heterocycles. The standard InChI is InChI=1S/C22H20N4O2.H2S/c1-21(2)10-11-22(28,20(21)27)9-8-14-4-3-5-15(12-14)16-6-7-17-18(26-16)19(23)25-13-24-17;/h3-7,12-13,28H,10-11H2,1-2H3,(H2,23,24,25);1H2/t22-;/m1./s1. The largest absolute Gasteiger partial charge is 0.382 e. The maximum absolute atomic E-state index is 12.4. The molecule has 1 aliphatic rings. The van der Waals surface area contributed by atoms with Crippen molar-refractivity contribution < 1.29 is 9.90 Å². The predicted octanol–water partition coefficient (Wildman–Crippen LogP) is 2.86. The highest BCUT2D eigenvalue weighted by Crippen LogP contribution is 2.39. The fourth-order valence-electron chi connectivity index (χ4n) is 3.45. The van der Waals surface area contributed by atoms with Gasteiger partial charge in [-0.05, 0) is 37.1 Å². The molecule has 0 spiro atoms. The van der Waals surface area contributed by atoms with Crippen LogP contribution >= 0.6 is 13.5 Å². The van der Waals surface area contributed by atoms with Crippen LogP contribution in [-0.2, 0) is 4.79 Å². The normalized spacial score (nSPS) is 20.0. The van der Waals surface area contributed by atoms with Crippen LogP contribution in [-0.4, -0.2) is 31.4 Å². The number of benzene rings is 1. The quantitative estimate of drug-likeness (QED) is 0.603. The number of rotatable bonds is 1. The van der Waals surface area contributed by atoms with Crippen LogP contribution in [0.1, 0.15) is 32.3 Å². The summed E-state index contributed by atoms with van der Waals surface area (Å²) < 4.78 is 0. The van der Waals surface area contributed by atoms with Crippen molar-refractivity contribution in [1.82, 2.24) is 15.0 Å². The molecule has 1 atom stereocenters. The maximum Gasteiger partial charge on any atom is 0.185 e. The molecule has 3 aromatic rings. The van der Waals surface area contributed by atoms with E-state index in [1.807, 2.05) is 50.2 Å². The highest BCUT2D eigenvalue weighted by molar-refractivity contribution is 7.59. The lowest BCUT2D eigenvalue weighted by Crippen LogP contribution is -2.37. The zero-order valence-corrected chi connectivity index (χ0v) is 17.2. The Morgan fingerprint density at radius 2 is 1.93 bits per heavy atom. The topological polar surface area (TPSA) is 102 Å². The minimum atomic E-state index is -1.58. The number of hydrogen-bond donors (Lipinski definition) is 2. The van der Waals surface area contributed by atoms with Crippen molar-refractivity contribution in [2.24, 2.45) is 5.41 Å². The van der Waals surface area contributed by atoms with Crippen LogP contribution < -0.4 is 5.73 Å². The van der Waals surface area contributed by atoms with E-state index in [0.29, 0.717) is 35.3 Å². The van der Waals surface area contributed by atoms with Crippen molar-refractivity contribution >= 4 is 36.1 Å². The third-order valence-corrected chi connectivity index (χ3v) is 5.18. The summed E-state index contributed by atoms with van der Waals surface area (Å²) in [5, 5.41) is 10.6. The van der Waals surface area contributed by atoms with Crippen LogP contribution in [0.3, 0.4) is 0 Å². The third-order valence-electron chi connectivity index (χ3n) is 5.18. The van der Waals surface area contributed by atoms with Crippen LogP contribution in [0.15, 0.2) is 42.7 Å². The molecule has 0 aliphatic heterocycles. The van der Waals surface area contributed by atoms with Crippen LogP contribution in [0.5, 0.6) is 0 Å². The smallest absolute Gasteiger partial charge is 0.185 e. The van der Waals surface area contributed by atoms with Gasteiger partial charge < -0.3 is 10.8 Å². The summed E-state index contributed by atoms with van der Waals surface area (Å²) in [6, 6.07) is 11.2. The molecule has 1 fully saturated rings. The number of nitrogen functional groups attached to an aromatic ring is 1. The molecule has 0 bridgehead atoms. The molecule has 6 nitrogen and oxygen atoms in total. The van der Waals surface area contributed by atoms with Gasteiger partial charge in [-0.25, -0.2) is 15.0 Å². The molecular weight excluding hydrogens is 384 g/mol. The lowest BCUT2D eigenvalue weighted by Gasteiger charge is -2.18. The summed E-state index contributed by atoms with van der Waals surface area (Å²) in [6.07, 6.45) is 2.39. The van der Waals surface area contributed by atoms with Gasteiger partial charge in [0, 0.05) is 16.5 Å². The average Bonchev–Trinajstić information content (AvgIpc) is 2.90. The summed E-state index contributed by atoms with van der Waals surface area (Å²) in [7, 11) is 0. The van der Waals surface area contributed by atoms with E-state index in [0.717, 1.165) is 11.3 Å². The number of carbonyl (C=O) groups is 1. The Hall–Kier alpha value is -2.95. The summed E-state index contributed by atoms with van der Waals surface area (Å²) >= 11 is 0. The third kappa shape index (κ3) is 3.82. The van der Waals surface area contributed by atoms with Gasteiger partial charge in [-0.3, -0.25) is 4.79 Å². The van der Waals surface area contributed by atoms with E-state index < -0.39 is 11.0 Å². The molecule has 2 heterocycles. The Labute approximate surface area is 176 Å². The number of fused-ring (bicyclic) bond motifs is 1. The highest BCUT2D eigenvalue weighted by Gasteiger charge is 2.50. The Morgan fingerprint density at radius 1 is 1.14 bits per heavy atom. The van der Waals surface area contributed by atoms with Crippen molar-refractivity contribution in [3.8, 4) is 23.1 Å². The molecule has 148 valence electrons. The van der Waals surface area contributed by atoms with E-state index >= 15 is 0 Å². The number of pyridine rings is 1. The second kappa shape index (κ2) is 7.47. The van der Waals surface area contributed by atoms with Gasteiger partial charge in [0.15, 0.2) is 17.2 Å². The first-order chi connectivity index (χ1) is 13.3. The Kier molecular flexibility index (Phi) is 5.35. The lowest BCUT2D eigenvalue weighted by molar-refractivity contribution is -0.135. The molecule has 1 saturated carbocycles. The number of carbonyl (C=O) groups excluding carboxylic acids is 1. The first-order valence-corrected chi connectivity index (χ1v) is 9.07. The number of nitrogens with zero attached hydrogens (tertiary/aromatic N) is 3. The number of anilines is 1. The van der Waals surface area contributed by atoms with Gasteiger partial charge >= 0.3 is 0 Å². The minimum absolute atomic E-state index is 0. The Bertz CT molecular complexity index is 1170. The SMILES string of the molecule is CC1(C)CC[C@](O)(C#Cc2cccc(-c3ccc4ncnc(N)c4n3)c2)C1=O.S. The summed E-state index contributed by atoms with van der Waals surface area (Å²) in [5.41, 5.74) is 7.27. The average molecular weight is 407 g/mol. The Balaban J connectivity index is 0.00000240. The number of aromatic nitrogens is 3. The molecular formula is C22H22N4O2S. The van der Waals surface area contributed by atoms with Crippen LogP contribution in [0, 0.1) is 17.3 Å². The molecule has 1 aliphatic carbocycles. The van der Waals surface area contributed by atoms with Gasteiger partial charge in [-0.15, -0.1) is 0 Å². The lowest BCUT2D eigenvalue weighted by atomic mass is 9.87. The second-order valence-electron chi connectivity index (χ2n) is 7.73. The fourth-order valence-corrected chi connectivity index (χ4v) is 3.45. The van der Waals surface area contributed by atoms with Crippen LogP contribution in [0.4, 0.5) is 5.82 Å². The van der Waals surface area contributed by atoms with Gasteiger partial charge in [-0.2, -0.15) is 13.5 Å². The Morgan fingerprint density at radius 3 is 2.66 bits per heavy atom. The molecule has 0 unspecified atom stereocenters. The molecule has 0 amide bonds. The molecule has 0 radical (unpaired) electrons. The van der Waals surface area contributed by atoms with E-state index in [2.05, 4.69) is 26.8 Å². The molecule has 4 rings (SSSR count). The van der Waals surface area contributed by atoms with E-state index in [1.165, 1.54) is 6.33 Å². The van der Waals surface area contributed by atoms with Gasteiger partial charge in [0.2, 0.25) is 0 Å². The van der Waals surface area contributed by atoms with Gasteiger partial charge in [0.25, 0.3) is 0 Å². The second-order valence-corrected chi connectivity index (χ2v) is 7.73. The number of aliphatic hydroxyl groups is 1. The number of nitrogens with two attached hydrogens (primary N) is 1. The first-order valence-electron chi connectivity index (χ1n) is 9.07. The highest BCUT2D eigenvalue weighted by atomic mass is 32.1. The van der Waals surface area contributed by atoms with Gasteiger partial charge in [-0.1, -0.05) is 37.8 Å². The molecule has 29 heavy (non-hydrogen) atoms. The molecule has 7 heteroatoms. The van der Waals surface area contributed by atoms with E-state index in [-0.39, 0.29) is 19.3 Å². The zero-order chi connectivity index (χ0) is 19.9. The van der Waals surface area contributed by atoms with Crippen molar-refractivity contribution in [1.29, 1.82) is 0 Å². The molecule has 3 N–H and O–H groups in total. The van der Waals surface area contributed by atoms with E-state index in [9.17, 15) is 9.90 Å². The number of ketones is 1. The monoisotopic (exact) mass is 406 g/mol. The molecule has 0 saturated heterocycles. The summed E-state index contributed by atoms with van der Waals surface area (Å²) in [6.45, 7) is 3.69. The maximum atomic E-state index is 12.4. The fraction of sp³-hybridized carbons (Fsp3) is 0.273. The van der Waals surface area contributed by atoms with Crippen molar-refractivity contribution in [3.05, 3.63) is 48.3 Å².